The monoisotopic (exact) mass is 299 g/mol. The van der Waals surface area contributed by atoms with Crippen LogP contribution in [0.3, 0.4) is 0 Å². The molecule has 3 aromatic rings. The predicted octanol–water partition coefficient (Wildman–Crippen LogP) is 4.35. The van der Waals surface area contributed by atoms with E-state index in [2.05, 4.69) is 10.2 Å². The van der Waals surface area contributed by atoms with Gasteiger partial charge < -0.3 is 0 Å². The topological polar surface area (TPSA) is 33.6 Å². The first-order valence-electron chi connectivity index (χ1n) is 6.58. The van der Waals surface area contributed by atoms with Gasteiger partial charge in [-0.1, -0.05) is 30.3 Å². The Hall–Kier alpha value is -2.27. The summed E-state index contributed by atoms with van der Waals surface area (Å²) in [5.41, 5.74) is 3.48. The molecular formula is C16H14FN3S. The van der Waals surface area contributed by atoms with Crippen molar-refractivity contribution in [2.45, 2.75) is 13.8 Å². The van der Waals surface area contributed by atoms with Gasteiger partial charge in [0.1, 0.15) is 5.82 Å². The van der Waals surface area contributed by atoms with Crippen molar-refractivity contribution in [3.8, 4) is 17.1 Å². The molecule has 0 saturated carbocycles. The molecule has 2 aromatic carbocycles. The van der Waals surface area contributed by atoms with Crippen molar-refractivity contribution in [1.82, 2.24) is 14.8 Å². The Labute approximate surface area is 127 Å². The Bertz CT molecular complexity index is 844. The number of para-hydroxylation sites is 1. The molecule has 3 rings (SSSR count). The highest BCUT2D eigenvalue weighted by Gasteiger charge is 2.16. The van der Waals surface area contributed by atoms with E-state index in [9.17, 15) is 4.39 Å². The second-order valence-electron chi connectivity index (χ2n) is 4.91. The molecule has 1 N–H and O–H groups in total. The smallest absolute Gasteiger partial charge is 0.200 e. The second kappa shape index (κ2) is 5.26. The molecule has 21 heavy (non-hydrogen) atoms. The quantitative estimate of drug-likeness (QED) is 0.714. The molecule has 0 aliphatic rings. The first-order valence-corrected chi connectivity index (χ1v) is 6.99. The van der Waals surface area contributed by atoms with Gasteiger partial charge in [-0.15, -0.1) is 0 Å². The van der Waals surface area contributed by atoms with Crippen LogP contribution in [0, 0.1) is 24.4 Å². The summed E-state index contributed by atoms with van der Waals surface area (Å²) in [5.74, 6) is 0.162. The molecule has 0 radical (unpaired) electrons. The lowest BCUT2D eigenvalue weighted by atomic mass is 10.1. The van der Waals surface area contributed by atoms with E-state index in [0.717, 1.165) is 16.8 Å². The third-order valence-electron chi connectivity index (χ3n) is 3.45. The number of nitrogens with one attached hydrogen (secondary N) is 1. The van der Waals surface area contributed by atoms with E-state index in [1.165, 1.54) is 6.07 Å². The van der Waals surface area contributed by atoms with Gasteiger partial charge in [-0.05, 0) is 49.3 Å². The zero-order valence-corrected chi connectivity index (χ0v) is 12.5. The van der Waals surface area contributed by atoms with Crippen molar-refractivity contribution in [1.29, 1.82) is 0 Å². The van der Waals surface area contributed by atoms with Gasteiger partial charge in [0.2, 0.25) is 0 Å². The summed E-state index contributed by atoms with van der Waals surface area (Å²) in [7, 11) is 0. The van der Waals surface area contributed by atoms with Crippen molar-refractivity contribution in [2.75, 3.05) is 0 Å². The minimum absolute atomic E-state index is 0.320. The number of halogens is 1. The van der Waals surface area contributed by atoms with Gasteiger partial charge in [-0.25, -0.2) is 4.39 Å². The fraction of sp³-hybridized carbons (Fsp3) is 0.125. The fourth-order valence-electron chi connectivity index (χ4n) is 2.49. The highest BCUT2D eigenvalue weighted by atomic mass is 32.1. The Balaban J connectivity index is 2.34. The predicted molar refractivity (Wildman–Crippen MR) is 83.6 cm³/mol. The summed E-state index contributed by atoms with van der Waals surface area (Å²) in [4.78, 5) is 0. The highest BCUT2D eigenvalue weighted by molar-refractivity contribution is 7.71. The molecule has 1 aromatic heterocycles. The molecule has 0 amide bonds. The molecule has 106 valence electrons. The number of nitrogens with zero attached hydrogens (tertiary/aromatic N) is 2. The average molecular weight is 299 g/mol. The fourth-order valence-corrected chi connectivity index (χ4v) is 2.71. The summed E-state index contributed by atoms with van der Waals surface area (Å²) in [6.07, 6.45) is 0. The van der Waals surface area contributed by atoms with Gasteiger partial charge >= 0.3 is 0 Å². The van der Waals surface area contributed by atoms with E-state index in [4.69, 9.17) is 12.2 Å². The van der Waals surface area contributed by atoms with Gasteiger partial charge in [0.15, 0.2) is 10.6 Å². The SMILES string of the molecule is Cc1cccc(C)c1-n1c(-c2ccccc2F)n[nH]c1=S. The zero-order valence-electron chi connectivity index (χ0n) is 11.7. The molecule has 3 nitrogen and oxygen atoms in total. The van der Waals surface area contributed by atoms with Crippen LogP contribution >= 0.6 is 12.2 Å². The molecule has 0 bridgehead atoms. The standard InChI is InChI=1S/C16H14FN3S/c1-10-6-5-7-11(2)14(10)20-15(18-19-16(20)21)12-8-3-4-9-13(12)17/h3-9H,1-2H3,(H,19,21). The average Bonchev–Trinajstić information content (AvgIpc) is 2.81. The van der Waals surface area contributed by atoms with E-state index >= 15 is 0 Å². The van der Waals surface area contributed by atoms with E-state index in [1.54, 1.807) is 22.8 Å². The van der Waals surface area contributed by atoms with E-state index in [1.807, 2.05) is 32.0 Å². The summed E-state index contributed by atoms with van der Waals surface area (Å²) >= 11 is 5.34. The zero-order chi connectivity index (χ0) is 15.0. The number of aromatic nitrogens is 3. The van der Waals surface area contributed by atoms with Gasteiger partial charge in [-0.3, -0.25) is 9.67 Å². The normalized spacial score (nSPS) is 10.8. The lowest BCUT2D eigenvalue weighted by molar-refractivity contribution is 0.629. The molecule has 0 fully saturated rings. The van der Waals surface area contributed by atoms with Crippen molar-refractivity contribution in [3.63, 3.8) is 0 Å². The highest BCUT2D eigenvalue weighted by Crippen LogP contribution is 2.27. The Morgan fingerprint density at radius 3 is 2.38 bits per heavy atom. The molecular weight excluding hydrogens is 285 g/mol. The Morgan fingerprint density at radius 1 is 1.05 bits per heavy atom. The van der Waals surface area contributed by atoms with Crippen LogP contribution in [0.5, 0.6) is 0 Å². The first-order chi connectivity index (χ1) is 10.1. The van der Waals surface area contributed by atoms with Crippen LogP contribution in [-0.4, -0.2) is 14.8 Å². The molecule has 0 saturated heterocycles. The maximum absolute atomic E-state index is 14.1. The number of aromatic amines is 1. The van der Waals surface area contributed by atoms with Crippen molar-refractivity contribution in [3.05, 3.63) is 64.2 Å². The number of hydrogen-bond donors (Lipinski definition) is 1. The van der Waals surface area contributed by atoms with Crippen LogP contribution < -0.4 is 0 Å². The second-order valence-corrected chi connectivity index (χ2v) is 5.29. The van der Waals surface area contributed by atoms with E-state index in [0.29, 0.717) is 16.2 Å². The summed E-state index contributed by atoms with van der Waals surface area (Å²) in [5, 5.41) is 6.98. The number of benzene rings is 2. The molecule has 0 atom stereocenters. The van der Waals surface area contributed by atoms with Crippen LogP contribution in [0.25, 0.3) is 17.1 Å². The van der Waals surface area contributed by atoms with E-state index < -0.39 is 0 Å². The third-order valence-corrected chi connectivity index (χ3v) is 3.72. The van der Waals surface area contributed by atoms with Gasteiger partial charge in [0.25, 0.3) is 0 Å². The van der Waals surface area contributed by atoms with Crippen LogP contribution in [-0.2, 0) is 0 Å². The molecule has 0 spiro atoms. The molecule has 0 aliphatic heterocycles. The minimum Gasteiger partial charge on any atom is -0.268 e. The van der Waals surface area contributed by atoms with E-state index in [-0.39, 0.29) is 5.82 Å². The first kappa shape index (κ1) is 13.7. The lowest BCUT2D eigenvalue weighted by Gasteiger charge is -2.13. The maximum Gasteiger partial charge on any atom is 0.200 e. The maximum atomic E-state index is 14.1. The summed E-state index contributed by atoms with van der Waals surface area (Å²) < 4.78 is 16.3. The van der Waals surface area contributed by atoms with Crippen molar-refractivity contribution >= 4 is 12.2 Å². The number of H-pyrrole nitrogens is 1. The molecule has 0 aliphatic carbocycles. The number of aryl methyl sites for hydroxylation is 2. The largest absolute Gasteiger partial charge is 0.268 e. The summed E-state index contributed by atoms with van der Waals surface area (Å²) in [6, 6.07) is 12.5. The van der Waals surface area contributed by atoms with Crippen molar-refractivity contribution < 1.29 is 4.39 Å². The van der Waals surface area contributed by atoms with Crippen LogP contribution in [0.1, 0.15) is 11.1 Å². The number of rotatable bonds is 2. The lowest BCUT2D eigenvalue weighted by Crippen LogP contribution is -2.03. The van der Waals surface area contributed by atoms with Gasteiger partial charge in [-0.2, -0.15) is 5.10 Å². The van der Waals surface area contributed by atoms with Gasteiger partial charge in [0, 0.05) is 0 Å². The molecule has 1 heterocycles. The summed E-state index contributed by atoms with van der Waals surface area (Å²) in [6.45, 7) is 4.00. The van der Waals surface area contributed by atoms with Crippen LogP contribution in [0.15, 0.2) is 42.5 Å². The van der Waals surface area contributed by atoms with Gasteiger partial charge in [0.05, 0.1) is 11.3 Å². The number of hydrogen-bond acceptors (Lipinski definition) is 2. The van der Waals surface area contributed by atoms with Crippen molar-refractivity contribution in [2.24, 2.45) is 0 Å². The Morgan fingerprint density at radius 2 is 1.71 bits per heavy atom. The molecule has 5 heteroatoms. The van der Waals surface area contributed by atoms with Crippen LogP contribution in [0.4, 0.5) is 4.39 Å². The third kappa shape index (κ3) is 2.29. The molecule has 0 unspecified atom stereocenters. The Kier molecular flexibility index (Phi) is 3.43. The minimum atomic E-state index is -0.320. The van der Waals surface area contributed by atoms with Crippen LogP contribution in [0.2, 0.25) is 0 Å².